The molecule has 1 rings (SSSR count). The summed E-state index contributed by atoms with van der Waals surface area (Å²) in [5.74, 6) is 0.962. The summed E-state index contributed by atoms with van der Waals surface area (Å²) in [6.45, 7) is 3.71. The first-order valence-electron chi connectivity index (χ1n) is 4.11. The van der Waals surface area contributed by atoms with Gasteiger partial charge < -0.3 is 4.90 Å². The summed E-state index contributed by atoms with van der Waals surface area (Å²) in [4.78, 5) is 12.9. The molecule has 0 atom stereocenters. The highest BCUT2D eigenvalue weighted by atomic mass is 35.5. The van der Waals surface area contributed by atoms with E-state index in [4.69, 9.17) is 11.6 Å². The SMILES string of the molecule is CCN(CC1CC1)C(=O)CCl. The molecular formula is C8H14ClNO. The van der Waals surface area contributed by atoms with E-state index in [1.54, 1.807) is 0 Å². The van der Waals surface area contributed by atoms with Crippen LogP contribution in [0.15, 0.2) is 0 Å². The molecule has 0 radical (unpaired) electrons. The van der Waals surface area contributed by atoms with Crippen LogP contribution in [0.25, 0.3) is 0 Å². The van der Waals surface area contributed by atoms with Gasteiger partial charge in [0.25, 0.3) is 0 Å². The van der Waals surface area contributed by atoms with E-state index >= 15 is 0 Å². The first-order valence-corrected chi connectivity index (χ1v) is 4.65. The van der Waals surface area contributed by atoms with E-state index in [0.717, 1.165) is 19.0 Å². The quantitative estimate of drug-likeness (QED) is 0.593. The van der Waals surface area contributed by atoms with E-state index in [9.17, 15) is 4.79 Å². The van der Waals surface area contributed by atoms with Gasteiger partial charge in [0.1, 0.15) is 5.88 Å². The maximum atomic E-state index is 11.1. The number of amides is 1. The van der Waals surface area contributed by atoms with Crippen LogP contribution in [0.1, 0.15) is 19.8 Å². The number of carbonyl (C=O) groups is 1. The molecular weight excluding hydrogens is 162 g/mol. The molecule has 64 valence electrons. The van der Waals surface area contributed by atoms with E-state index in [1.165, 1.54) is 12.8 Å². The molecule has 0 unspecified atom stereocenters. The average molecular weight is 176 g/mol. The zero-order valence-corrected chi connectivity index (χ0v) is 7.60. The van der Waals surface area contributed by atoms with Gasteiger partial charge in [-0.05, 0) is 25.7 Å². The first kappa shape index (κ1) is 8.85. The molecule has 0 saturated heterocycles. The fourth-order valence-electron chi connectivity index (χ4n) is 1.10. The van der Waals surface area contributed by atoms with Crippen molar-refractivity contribution in [2.24, 2.45) is 5.92 Å². The van der Waals surface area contributed by atoms with Gasteiger partial charge >= 0.3 is 0 Å². The van der Waals surface area contributed by atoms with Gasteiger partial charge in [-0.2, -0.15) is 0 Å². The number of carbonyl (C=O) groups excluding carboxylic acids is 1. The van der Waals surface area contributed by atoms with Gasteiger partial charge in [0.05, 0.1) is 0 Å². The molecule has 1 fully saturated rings. The summed E-state index contributed by atoms with van der Waals surface area (Å²) in [7, 11) is 0. The van der Waals surface area contributed by atoms with Gasteiger partial charge in [-0.1, -0.05) is 0 Å². The number of rotatable bonds is 4. The van der Waals surface area contributed by atoms with Crippen LogP contribution >= 0.6 is 11.6 Å². The minimum Gasteiger partial charge on any atom is -0.342 e. The predicted molar refractivity (Wildman–Crippen MR) is 45.7 cm³/mol. The van der Waals surface area contributed by atoms with Crippen molar-refractivity contribution in [3.8, 4) is 0 Å². The molecule has 11 heavy (non-hydrogen) atoms. The molecule has 2 nitrogen and oxygen atoms in total. The lowest BCUT2D eigenvalue weighted by Crippen LogP contribution is -2.33. The minimum atomic E-state index is 0.0704. The van der Waals surface area contributed by atoms with Gasteiger partial charge in [-0.25, -0.2) is 0 Å². The predicted octanol–water partition coefficient (Wildman–Crippen LogP) is 1.48. The lowest BCUT2D eigenvalue weighted by atomic mass is 10.3. The van der Waals surface area contributed by atoms with Gasteiger partial charge in [-0.3, -0.25) is 4.79 Å². The zero-order valence-electron chi connectivity index (χ0n) is 6.85. The van der Waals surface area contributed by atoms with Crippen molar-refractivity contribution < 1.29 is 4.79 Å². The Balaban J connectivity index is 2.27. The third kappa shape index (κ3) is 2.70. The number of halogens is 1. The van der Waals surface area contributed by atoms with Gasteiger partial charge in [0.15, 0.2) is 0 Å². The van der Waals surface area contributed by atoms with Gasteiger partial charge in [0.2, 0.25) is 5.91 Å². The van der Waals surface area contributed by atoms with Gasteiger partial charge in [0, 0.05) is 13.1 Å². The summed E-state index contributed by atoms with van der Waals surface area (Å²) in [6.07, 6.45) is 2.57. The van der Waals surface area contributed by atoms with E-state index < -0.39 is 0 Å². The molecule has 0 aromatic carbocycles. The highest BCUT2D eigenvalue weighted by molar-refractivity contribution is 6.27. The molecule has 0 spiro atoms. The second-order valence-corrected chi connectivity index (χ2v) is 3.28. The Morgan fingerprint density at radius 3 is 2.64 bits per heavy atom. The molecule has 1 amide bonds. The summed E-state index contributed by atoms with van der Waals surface area (Å²) in [6, 6.07) is 0. The largest absolute Gasteiger partial charge is 0.342 e. The molecule has 0 N–H and O–H groups in total. The third-order valence-corrected chi connectivity index (χ3v) is 2.25. The molecule has 0 aliphatic heterocycles. The topological polar surface area (TPSA) is 20.3 Å². The third-order valence-electron chi connectivity index (χ3n) is 2.02. The van der Waals surface area contributed by atoms with Crippen molar-refractivity contribution in [1.82, 2.24) is 4.90 Å². The smallest absolute Gasteiger partial charge is 0.237 e. The summed E-state index contributed by atoms with van der Waals surface area (Å²) >= 11 is 5.44. The zero-order chi connectivity index (χ0) is 8.27. The van der Waals surface area contributed by atoms with Crippen molar-refractivity contribution in [2.45, 2.75) is 19.8 Å². The molecule has 0 aromatic heterocycles. The van der Waals surface area contributed by atoms with Crippen LogP contribution in [-0.4, -0.2) is 29.8 Å². The van der Waals surface area contributed by atoms with Crippen LogP contribution in [0, 0.1) is 5.92 Å². The Labute approximate surface area is 72.5 Å². The molecule has 0 bridgehead atoms. The van der Waals surface area contributed by atoms with E-state index in [-0.39, 0.29) is 11.8 Å². The maximum absolute atomic E-state index is 11.1. The second kappa shape index (κ2) is 3.96. The van der Waals surface area contributed by atoms with E-state index in [1.807, 2.05) is 11.8 Å². The van der Waals surface area contributed by atoms with E-state index in [2.05, 4.69) is 0 Å². The lowest BCUT2D eigenvalue weighted by molar-refractivity contribution is -0.128. The van der Waals surface area contributed by atoms with Gasteiger partial charge in [-0.15, -0.1) is 11.6 Å². The second-order valence-electron chi connectivity index (χ2n) is 3.01. The van der Waals surface area contributed by atoms with Crippen LogP contribution in [0.4, 0.5) is 0 Å². The van der Waals surface area contributed by atoms with E-state index in [0.29, 0.717) is 0 Å². The number of hydrogen-bond acceptors (Lipinski definition) is 1. The van der Waals surface area contributed by atoms with Crippen LogP contribution < -0.4 is 0 Å². The van der Waals surface area contributed by atoms with Crippen LogP contribution in [0.5, 0.6) is 0 Å². The molecule has 1 aliphatic rings. The molecule has 1 saturated carbocycles. The van der Waals surface area contributed by atoms with Crippen molar-refractivity contribution in [3.63, 3.8) is 0 Å². The summed E-state index contributed by atoms with van der Waals surface area (Å²) in [5.41, 5.74) is 0. The van der Waals surface area contributed by atoms with Crippen molar-refractivity contribution >= 4 is 17.5 Å². The Morgan fingerprint density at radius 2 is 2.27 bits per heavy atom. The Kier molecular flexibility index (Phi) is 3.18. The monoisotopic (exact) mass is 175 g/mol. The fraction of sp³-hybridized carbons (Fsp3) is 0.875. The Morgan fingerprint density at radius 1 is 1.64 bits per heavy atom. The number of alkyl halides is 1. The van der Waals surface area contributed by atoms with Crippen molar-refractivity contribution in [3.05, 3.63) is 0 Å². The number of hydrogen-bond donors (Lipinski definition) is 0. The van der Waals surface area contributed by atoms with Crippen molar-refractivity contribution in [2.75, 3.05) is 19.0 Å². The first-order chi connectivity index (χ1) is 5.27. The van der Waals surface area contributed by atoms with Crippen LogP contribution in [0.2, 0.25) is 0 Å². The average Bonchev–Trinajstić information content (AvgIpc) is 2.82. The highest BCUT2D eigenvalue weighted by Gasteiger charge is 2.25. The number of nitrogens with zero attached hydrogens (tertiary/aromatic N) is 1. The summed E-state index contributed by atoms with van der Waals surface area (Å²) < 4.78 is 0. The Hall–Kier alpha value is -0.240. The molecule has 1 aliphatic carbocycles. The highest BCUT2D eigenvalue weighted by Crippen LogP contribution is 2.29. The van der Waals surface area contributed by atoms with Crippen LogP contribution in [-0.2, 0) is 4.79 Å². The minimum absolute atomic E-state index is 0.0704. The maximum Gasteiger partial charge on any atom is 0.237 e. The Bertz CT molecular complexity index is 145. The van der Waals surface area contributed by atoms with Crippen LogP contribution in [0.3, 0.4) is 0 Å². The molecule has 0 heterocycles. The molecule has 3 heteroatoms. The fourth-order valence-corrected chi connectivity index (χ4v) is 1.27. The van der Waals surface area contributed by atoms with Crippen molar-refractivity contribution in [1.29, 1.82) is 0 Å². The normalized spacial score (nSPS) is 16.5. The lowest BCUT2D eigenvalue weighted by Gasteiger charge is -2.18. The standard InChI is InChI=1S/C8H14ClNO/c1-2-10(8(11)5-9)6-7-3-4-7/h7H,2-6H2,1H3. The molecule has 0 aromatic rings. The summed E-state index contributed by atoms with van der Waals surface area (Å²) in [5, 5.41) is 0.